The second-order valence-electron chi connectivity index (χ2n) is 16.8. The molecular weight excluding hydrogens is 774 g/mol. The summed E-state index contributed by atoms with van der Waals surface area (Å²) in [6.07, 6.45) is 0.856. The number of ketones is 2. The third kappa shape index (κ3) is 6.14. The van der Waals surface area contributed by atoms with Crippen molar-refractivity contribution in [3.05, 3.63) is 117 Å². The predicted molar refractivity (Wildman–Crippen MR) is 208 cm³/mol. The van der Waals surface area contributed by atoms with Crippen molar-refractivity contribution >= 4 is 35.4 Å². The lowest BCUT2D eigenvalue weighted by Crippen LogP contribution is -2.44. The van der Waals surface area contributed by atoms with Crippen molar-refractivity contribution in [2.75, 3.05) is 13.2 Å². The Balaban J connectivity index is 0.974. The Labute approximate surface area is 344 Å². The minimum Gasteiger partial charge on any atom is -0.508 e. The highest BCUT2D eigenvalue weighted by Crippen LogP contribution is 2.65. The zero-order valence-corrected chi connectivity index (χ0v) is 33.1. The molecule has 0 aromatic heterocycles. The lowest BCUT2D eigenvalue weighted by atomic mass is 9.79. The summed E-state index contributed by atoms with van der Waals surface area (Å²) in [5.74, 6) is -5.39. The van der Waals surface area contributed by atoms with Crippen LogP contribution in [0.5, 0.6) is 11.5 Å². The first kappa shape index (κ1) is 39.3. The van der Waals surface area contributed by atoms with Crippen LogP contribution in [0.15, 0.2) is 106 Å². The van der Waals surface area contributed by atoms with E-state index in [-0.39, 0.29) is 67.5 Å². The van der Waals surface area contributed by atoms with E-state index in [1.807, 2.05) is 13.8 Å². The summed E-state index contributed by atoms with van der Waals surface area (Å²) >= 11 is 0. The van der Waals surface area contributed by atoms with Gasteiger partial charge in [0.05, 0.1) is 36.9 Å². The summed E-state index contributed by atoms with van der Waals surface area (Å²) < 4.78 is 30.6. The summed E-state index contributed by atoms with van der Waals surface area (Å²) in [6.45, 7) is 9.07. The molecule has 3 aliphatic heterocycles. The van der Waals surface area contributed by atoms with Gasteiger partial charge in [0.15, 0.2) is 11.6 Å². The minimum atomic E-state index is -1.47. The quantitative estimate of drug-likeness (QED) is 0.135. The molecule has 0 bridgehead atoms. The van der Waals surface area contributed by atoms with Crippen LogP contribution in [-0.2, 0) is 65.3 Å². The average Bonchev–Trinajstić information content (AvgIpc) is 3.32. The molecule has 14 heteroatoms. The van der Waals surface area contributed by atoms with E-state index in [0.717, 1.165) is 5.57 Å². The number of ether oxygens (including phenoxy) is 5. The van der Waals surface area contributed by atoms with Gasteiger partial charge in [0.1, 0.15) is 36.4 Å². The highest BCUT2D eigenvalue weighted by molar-refractivity contribution is 6.14. The first-order chi connectivity index (χ1) is 28.6. The summed E-state index contributed by atoms with van der Waals surface area (Å²) in [6, 6.07) is 12.3. The van der Waals surface area contributed by atoms with Crippen LogP contribution in [0.2, 0.25) is 0 Å². The maximum atomic E-state index is 13.8. The second kappa shape index (κ2) is 14.3. The van der Waals surface area contributed by atoms with E-state index in [1.165, 1.54) is 36.4 Å². The number of aromatic hydroxyl groups is 2. The molecule has 14 nitrogen and oxygen atoms in total. The molecular formula is C46H43NO13. The number of hydrogen-bond acceptors (Lipinski definition) is 14. The molecule has 3 fully saturated rings. The Morgan fingerprint density at radius 3 is 2.07 bits per heavy atom. The highest BCUT2D eigenvalue weighted by Gasteiger charge is 2.84. The number of benzene rings is 2. The molecule has 0 saturated carbocycles. The highest BCUT2D eigenvalue weighted by atomic mass is 16.6. The van der Waals surface area contributed by atoms with Crippen LogP contribution in [0.1, 0.15) is 44.7 Å². The van der Waals surface area contributed by atoms with Gasteiger partial charge >= 0.3 is 23.9 Å². The monoisotopic (exact) mass is 817 g/mol. The summed E-state index contributed by atoms with van der Waals surface area (Å²) in [4.78, 5) is 80.3. The maximum Gasteiger partial charge on any atom is 0.335 e. The zero-order chi connectivity index (χ0) is 42.4. The number of phenolic OH excluding ortho intramolecular Hbond substituents is 2. The number of esters is 4. The lowest BCUT2D eigenvalue weighted by Gasteiger charge is -2.35. The number of phenols is 2. The number of carbonyl (C=O) groups excluding carboxylic acids is 6. The molecule has 0 amide bonds. The van der Waals surface area contributed by atoms with Crippen LogP contribution < -0.4 is 5.32 Å². The van der Waals surface area contributed by atoms with E-state index in [9.17, 15) is 39.0 Å². The van der Waals surface area contributed by atoms with E-state index in [4.69, 9.17) is 23.7 Å². The van der Waals surface area contributed by atoms with Crippen molar-refractivity contribution in [1.29, 1.82) is 0 Å². The zero-order valence-electron chi connectivity index (χ0n) is 33.1. The van der Waals surface area contributed by atoms with Crippen LogP contribution in [0, 0.1) is 23.7 Å². The van der Waals surface area contributed by atoms with Crippen LogP contribution in [0.3, 0.4) is 0 Å². The number of fused-ring (bicyclic) bond motifs is 3. The molecule has 7 aliphatic rings. The van der Waals surface area contributed by atoms with E-state index < -0.39 is 77.1 Å². The second-order valence-corrected chi connectivity index (χ2v) is 16.8. The van der Waals surface area contributed by atoms with Gasteiger partial charge < -0.3 is 33.9 Å². The molecule has 3 heterocycles. The third-order valence-corrected chi connectivity index (χ3v) is 13.2. The molecule has 9 rings (SSSR count). The van der Waals surface area contributed by atoms with Crippen molar-refractivity contribution in [1.82, 2.24) is 5.32 Å². The normalized spacial score (nSPS) is 32.5. The van der Waals surface area contributed by atoms with E-state index in [0.29, 0.717) is 39.0 Å². The fourth-order valence-electron chi connectivity index (χ4n) is 10.5. The first-order valence-electron chi connectivity index (χ1n) is 20.0. The van der Waals surface area contributed by atoms with Crippen molar-refractivity contribution in [2.24, 2.45) is 23.7 Å². The van der Waals surface area contributed by atoms with Gasteiger partial charge in [0, 0.05) is 34.1 Å². The standard InChI is InChI=1S/C46H43NO13/c1-21-13-33(38-23(3)43(54)59-42(38)39-27(17-31(50)37(21)39)19-56-35(52)15-25-5-9-29(48)10-6-25)58-34-14-22(2)40-32(51)18-28(20-57-36(53)16-26-7-11-30(49)12-8-26)45(40)46(47-45)41(34)24(4)44(55)60-46/h5-12,17-18,23,33-34,38-39,41-42,47-49H,4,13-16,19-20H2,1-3H3/t23-,33-,34-,38?,39?,41+,42?,45+,46-/m0/s1. The number of nitrogens with one attached hydrogen (secondary N) is 1. The number of hydrogen-bond donors (Lipinski definition) is 3. The van der Waals surface area contributed by atoms with Gasteiger partial charge in [0.25, 0.3) is 0 Å². The lowest BCUT2D eigenvalue weighted by molar-refractivity contribution is -0.146. The largest absolute Gasteiger partial charge is 0.508 e. The molecule has 4 aliphatic carbocycles. The van der Waals surface area contributed by atoms with Crippen LogP contribution in [0.25, 0.3) is 0 Å². The topological polar surface area (TPSA) is 211 Å². The fourth-order valence-corrected chi connectivity index (χ4v) is 10.5. The van der Waals surface area contributed by atoms with Crippen LogP contribution >= 0.6 is 0 Å². The molecule has 2 aromatic carbocycles. The van der Waals surface area contributed by atoms with Crippen LogP contribution in [-0.4, -0.2) is 88.4 Å². The molecule has 2 aromatic rings. The van der Waals surface area contributed by atoms with Crippen molar-refractivity contribution < 1.29 is 62.7 Å². The van der Waals surface area contributed by atoms with E-state index in [2.05, 4.69) is 11.9 Å². The summed E-state index contributed by atoms with van der Waals surface area (Å²) in [5, 5.41) is 22.6. The molecule has 310 valence electrons. The number of allylic oxidation sites excluding steroid dienone is 2. The van der Waals surface area contributed by atoms with Crippen molar-refractivity contribution in [3.63, 3.8) is 0 Å². The Hall–Kier alpha value is -6.12. The van der Waals surface area contributed by atoms with Gasteiger partial charge in [-0.25, -0.2) is 4.79 Å². The van der Waals surface area contributed by atoms with Crippen molar-refractivity contribution in [2.45, 2.75) is 76.0 Å². The third-order valence-electron chi connectivity index (χ3n) is 13.2. The molecule has 9 atom stereocenters. The van der Waals surface area contributed by atoms with E-state index in [1.54, 1.807) is 31.2 Å². The Kier molecular flexibility index (Phi) is 9.36. The molecule has 3 unspecified atom stereocenters. The molecule has 2 spiro atoms. The maximum absolute atomic E-state index is 13.8. The van der Waals surface area contributed by atoms with Gasteiger partial charge in [-0.15, -0.1) is 0 Å². The van der Waals surface area contributed by atoms with Gasteiger partial charge in [-0.1, -0.05) is 48.9 Å². The molecule has 3 N–H and O–H groups in total. The summed E-state index contributed by atoms with van der Waals surface area (Å²) in [5.41, 5.74) is 1.79. The summed E-state index contributed by atoms with van der Waals surface area (Å²) in [7, 11) is 0. The van der Waals surface area contributed by atoms with Crippen LogP contribution in [0.4, 0.5) is 0 Å². The fraction of sp³-hybridized carbons (Fsp3) is 0.391. The molecule has 3 saturated heterocycles. The predicted octanol–water partition coefficient (Wildman–Crippen LogP) is 3.74. The van der Waals surface area contributed by atoms with Gasteiger partial charge in [-0.3, -0.25) is 29.3 Å². The Morgan fingerprint density at radius 2 is 1.43 bits per heavy atom. The van der Waals surface area contributed by atoms with E-state index >= 15 is 0 Å². The average molecular weight is 818 g/mol. The SMILES string of the molecule is C=C1C(=O)O[C@]23N[C@@]24C(COC(=O)Cc2ccc(O)cc2)=CC(=O)C4=C(C)C[C@H](O[C@H]2CC(C)=C4C(=O)C=C(COC(=O)Cc5ccc(O)cc5)C4C4OC(=O)[C@@H](C)C42)[C@@H]13. The first-order valence-corrected chi connectivity index (χ1v) is 20.0. The number of carbonyl (C=O) groups is 6. The van der Waals surface area contributed by atoms with Gasteiger partial charge in [-0.2, -0.15) is 0 Å². The number of rotatable bonds is 10. The van der Waals surface area contributed by atoms with Gasteiger partial charge in [-0.05, 0) is 79.8 Å². The minimum absolute atomic E-state index is 0.0514. The Morgan fingerprint density at radius 1 is 0.833 bits per heavy atom. The van der Waals surface area contributed by atoms with Crippen molar-refractivity contribution in [3.8, 4) is 11.5 Å². The molecule has 60 heavy (non-hydrogen) atoms. The molecule has 0 radical (unpaired) electrons. The Bertz CT molecular complexity index is 2420. The van der Waals surface area contributed by atoms with Gasteiger partial charge in [0.2, 0.25) is 5.72 Å². The smallest absolute Gasteiger partial charge is 0.335 e.